The van der Waals surface area contributed by atoms with Crippen molar-refractivity contribution in [3.63, 3.8) is 0 Å². The zero-order valence-corrected chi connectivity index (χ0v) is 7.58. The number of rotatable bonds is 0. The summed E-state index contributed by atoms with van der Waals surface area (Å²) in [6.07, 6.45) is 1.65. The van der Waals surface area contributed by atoms with Crippen molar-refractivity contribution in [2.45, 2.75) is 6.92 Å². The second kappa shape index (κ2) is 2.97. The fourth-order valence-electron chi connectivity index (χ4n) is 0.635. The highest BCUT2D eigenvalue weighted by Gasteiger charge is 1.99. The van der Waals surface area contributed by atoms with Gasteiger partial charge in [0.25, 0.3) is 0 Å². The van der Waals surface area contributed by atoms with Gasteiger partial charge in [-0.3, -0.25) is 4.98 Å². The van der Waals surface area contributed by atoms with Gasteiger partial charge in [-0.1, -0.05) is 0 Å². The van der Waals surface area contributed by atoms with Gasteiger partial charge in [-0.15, -0.1) is 0 Å². The molecule has 0 aliphatic rings. The van der Waals surface area contributed by atoms with E-state index in [-0.39, 0.29) is 0 Å². The van der Waals surface area contributed by atoms with Gasteiger partial charge in [0, 0.05) is 6.20 Å². The van der Waals surface area contributed by atoms with Crippen molar-refractivity contribution in [3.8, 4) is 6.07 Å². The van der Waals surface area contributed by atoms with E-state index in [1.54, 1.807) is 12.3 Å². The van der Waals surface area contributed by atoms with Crippen molar-refractivity contribution in [3.05, 3.63) is 27.1 Å². The molecule has 50 valence electrons. The minimum atomic E-state index is 0.702. The van der Waals surface area contributed by atoms with Gasteiger partial charge >= 0.3 is 0 Å². The topological polar surface area (TPSA) is 36.7 Å². The van der Waals surface area contributed by atoms with Gasteiger partial charge in [0.15, 0.2) is 0 Å². The van der Waals surface area contributed by atoms with E-state index in [4.69, 9.17) is 5.26 Å². The maximum Gasteiger partial charge on any atom is 0.100 e. The van der Waals surface area contributed by atoms with Crippen LogP contribution < -0.4 is 0 Å². The van der Waals surface area contributed by atoms with E-state index in [0.29, 0.717) is 5.56 Å². The molecular weight excluding hydrogens is 239 g/mol. The standard InChI is InChI=1S/C7H5IN2/c1-5-7(8)6(4-9)2-3-10-5/h2-3H,1H3. The van der Waals surface area contributed by atoms with E-state index in [2.05, 4.69) is 33.6 Å². The lowest BCUT2D eigenvalue weighted by Gasteiger charge is -1.95. The molecule has 0 atom stereocenters. The average molecular weight is 244 g/mol. The van der Waals surface area contributed by atoms with Gasteiger partial charge in [0.1, 0.15) is 6.07 Å². The number of nitrogens with zero attached hydrogens (tertiary/aromatic N) is 2. The third-order valence-electron chi connectivity index (χ3n) is 1.18. The zero-order valence-electron chi connectivity index (χ0n) is 5.43. The third kappa shape index (κ3) is 1.27. The van der Waals surface area contributed by atoms with Crippen LogP contribution in [0.3, 0.4) is 0 Å². The van der Waals surface area contributed by atoms with Crippen LogP contribution in [-0.2, 0) is 0 Å². The summed E-state index contributed by atoms with van der Waals surface area (Å²) < 4.78 is 0.947. The Labute approximate surface area is 73.0 Å². The van der Waals surface area contributed by atoms with E-state index < -0.39 is 0 Å². The Hall–Kier alpha value is -0.630. The first-order valence-corrected chi connectivity index (χ1v) is 3.85. The van der Waals surface area contributed by atoms with Crippen LogP contribution in [0.1, 0.15) is 11.3 Å². The van der Waals surface area contributed by atoms with E-state index >= 15 is 0 Å². The van der Waals surface area contributed by atoms with E-state index in [0.717, 1.165) is 9.26 Å². The maximum absolute atomic E-state index is 8.56. The van der Waals surface area contributed by atoms with Crippen molar-refractivity contribution in [2.24, 2.45) is 0 Å². The summed E-state index contributed by atoms with van der Waals surface area (Å²) in [4.78, 5) is 4.03. The molecule has 0 aliphatic carbocycles. The fraction of sp³-hybridized carbons (Fsp3) is 0.143. The van der Waals surface area contributed by atoms with Crippen LogP contribution in [0.15, 0.2) is 12.3 Å². The Morgan fingerprint density at radius 1 is 1.70 bits per heavy atom. The Bertz CT molecular complexity index is 288. The lowest BCUT2D eigenvalue weighted by atomic mass is 10.2. The molecule has 0 aromatic carbocycles. The maximum atomic E-state index is 8.56. The number of aryl methyl sites for hydroxylation is 1. The molecule has 1 rings (SSSR count). The zero-order chi connectivity index (χ0) is 7.56. The van der Waals surface area contributed by atoms with Gasteiger partial charge in [0.2, 0.25) is 0 Å². The van der Waals surface area contributed by atoms with Gasteiger partial charge in [-0.2, -0.15) is 5.26 Å². The number of aromatic nitrogens is 1. The smallest absolute Gasteiger partial charge is 0.100 e. The van der Waals surface area contributed by atoms with Gasteiger partial charge in [0.05, 0.1) is 14.8 Å². The lowest BCUT2D eigenvalue weighted by Crippen LogP contribution is -1.88. The monoisotopic (exact) mass is 244 g/mol. The molecule has 0 spiro atoms. The highest BCUT2D eigenvalue weighted by Crippen LogP contribution is 2.12. The summed E-state index contributed by atoms with van der Waals surface area (Å²) in [7, 11) is 0. The lowest BCUT2D eigenvalue weighted by molar-refractivity contribution is 1.17. The second-order valence-corrected chi connectivity index (χ2v) is 2.95. The molecule has 0 fully saturated rings. The minimum Gasteiger partial charge on any atom is -0.260 e. The molecule has 10 heavy (non-hydrogen) atoms. The molecular formula is C7H5IN2. The summed E-state index contributed by atoms with van der Waals surface area (Å²) in [6.45, 7) is 1.89. The molecule has 0 unspecified atom stereocenters. The first-order valence-electron chi connectivity index (χ1n) is 2.77. The van der Waals surface area contributed by atoms with Crippen LogP contribution in [0.25, 0.3) is 0 Å². The molecule has 1 aromatic heterocycles. The van der Waals surface area contributed by atoms with Gasteiger partial charge in [-0.25, -0.2) is 0 Å². The van der Waals surface area contributed by atoms with Crippen molar-refractivity contribution in [1.82, 2.24) is 4.98 Å². The summed E-state index contributed by atoms with van der Waals surface area (Å²) in [5.74, 6) is 0. The van der Waals surface area contributed by atoms with Crippen LogP contribution in [-0.4, -0.2) is 4.98 Å². The van der Waals surface area contributed by atoms with Crippen LogP contribution in [0.5, 0.6) is 0 Å². The highest BCUT2D eigenvalue weighted by atomic mass is 127. The Morgan fingerprint density at radius 2 is 2.40 bits per heavy atom. The SMILES string of the molecule is Cc1nccc(C#N)c1I. The highest BCUT2D eigenvalue weighted by molar-refractivity contribution is 14.1. The van der Waals surface area contributed by atoms with Crippen LogP contribution in [0.4, 0.5) is 0 Å². The summed E-state index contributed by atoms with van der Waals surface area (Å²) in [6, 6.07) is 3.81. The van der Waals surface area contributed by atoms with Crippen molar-refractivity contribution < 1.29 is 0 Å². The largest absolute Gasteiger partial charge is 0.260 e. The van der Waals surface area contributed by atoms with E-state index in [1.165, 1.54) is 0 Å². The molecule has 3 heteroatoms. The Kier molecular flexibility index (Phi) is 2.22. The molecule has 0 amide bonds. The Balaban J connectivity index is 3.31. The summed E-state index contributed by atoms with van der Waals surface area (Å²) in [5.41, 5.74) is 1.62. The molecule has 1 heterocycles. The van der Waals surface area contributed by atoms with Crippen LogP contribution in [0, 0.1) is 21.8 Å². The summed E-state index contributed by atoms with van der Waals surface area (Å²) in [5, 5.41) is 8.56. The molecule has 0 N–H and O–H groups in total. The molecule has 0 bridgehead atoms. The van der Waals surface area contributed by atoms with Crippen molar-refractivity contribution in [1.29, 1.82) is 5.26 Å². The number of pyridine rings is 1. The van der Waals surface area contributed by atoms with Crippen molar-refractivity contribution in [2.75, 3.05) is 0 Å². The second-order valence-electron chi connectivity index (χ2n) is 1.87. The average Bonchev–Trinajstić information content (AvgIpc) is 1.95. The van der Waals surface area contributed by atoms with Crippen LogP contribution >= 0.6 is 22.6 Å². The minimum absolute atomic E-state index is 0.702. The van der Waals surface area contributed by atoms with Crippen molar-refractivity contribution >= 4 is 22.6 Å². The molecule has 0 saturated heterocycles. The fourth-order valence-corrected chi connectivity index (χ4v) is 1.07. The van der Waals surface area contributed by atoms with E-state index in [9.17, 15) is 0 Å². The Morgan fingerprint density at radius 3 is 2.90 bits per heavy atom. The number of hydrogen-bond acceptors (Lipinski definition) is 2. The normalized spacial score (nSPS) is 8.90. The third-order valence-corrected chi connectivity index (χ3v) is 2.55. The predicted molar refractivity (Wildman–Crippen MR) is 46.4 cm³/mol. The molecule has 1 aromatic rings. The predicted octanol–water partition coefficient (Wildman–Crippen LogP) is 1.87. The molecule has 0 aliphatic heterocycles. The summed E-state index contributed by atoms with van der Waals surface area (Å²) >= 11 is 2.12. The quantitative estimate of drug-likeness (QED) is 0.653. The first kappa shape index (κ1) is 7.48. The molecule has 0 saturated carbocycles. The number of halogens is 1. The van der Waals surface area contributed by atoms with Crippen LogP contribution in [0.2, 0.25) is 0 Å². The molecule has 0 radical (unpaired) electrons. The van der Waals surface area contributed by atoms with Gasteiger partial charge in [-0.05, 0) is 35.6 Å². The number of nitriles is 1. The van der Waals surface area contributed by atoms with Gasteiger partial charge < -0.3 is 0 Å². The molecule has 2 nitrogen and oxygen atoms in total. The van der Waals surface area contributed by atoms with E-state index in [1.807, 2.05) is 6.92 Å². The number of hydrogen-bond donors (Lipinski definition) is 0. The first-order chi connectivity index (χ1) is 4.75.